The lowest BCUT2D eigenvalue weighted by atomic mass is 10.2. The zero-order valence-electron chi connectivity index (χ0n) is 8.25. The van der Waals surface area contributed by atoms with E-state index in [-0.39, 0.29) is 11.9 Å². The molecule has 1 aromatic heterocycles. The highest BCUT2D eigenvalue weighted by Gasteiger charge is 2.08. The standard InChI is InChI=1S/C10H13ClN2O/c1-7-5-9(3-4-12-7)10(14)13-8(2)6-11/h3-5,8H,6H2,1-2H3,(H,13,14). The average molecular weight is 213 g/mol. The van der Waals surface area contributed by atoms with Crippen LogP contribution in [0.3, 0.4) is 0 Å². The number of pyridine rings is 1. The van der Waals surface area contributed by atoms with E-state index >= 15 is 0 Å². The van der Waals surface area contributed by atoms with E-state index in [1.807, 2.05) is 13.8 Å². The fraction of sp³-hybridized carbons (Fsp3) is 0.400. The van der Waals surface area contributed by atoms with Crippen molar-refractivity contribution in [2.45, 2.75) is 19.9 Å². The molecule has 1 unspecified atom stereocenters. The van der Waals surface area contributed by atoms with Crippen molar-refractivity contribution < 1.29 is 4.79 Å². The smallest absolute Gasteiger partial charge is 0.251 e. The topological polar surface area (TPSA) is 42.0 Å². The summed E-state index contributed by atoms with van der Waals surface area (Å²) < 4.78 is 0. The number of nitrogens with zero attached hydrogens (tertiary/aromatic N) is 1. The molecule has 1 aromatic rings. The molecular weight excluding hydrogens is 200 g/mol. The molecule has 0 spiro atoms. The zero-order valence-corrected chi connectivity index (χ0v) is 9.01. The normalized spacial score (nSPS) is 12.2. The summed E-state index contributed by atoms with van der Waals surface area (Å²) in [7, 11) is 0. The van der Waals surface area contributed by atoms with E-state index in [1.54, 1.807) is 18.3 Å². The minimum atomic E-state index is -0.108. The van der Waals surface area contributed by atoms with Crippen LogP contribution in [0.15, 0.2) is 18.3 Å². The molecular formula is C10H13ClN2O. The van der Waals surface area contributed by atoms with Gasteiger partial charge in [-0.3, -0.25) is 9.78 Å². The molecule has 0 aliphatic carbocycles. The van der Waals surface area contributed by atoms with Gasteiger partial charge in [-0.25, -0.2) is 0 Å². The van der Waals surface area contributed by atoms with Gasteiger partial charge in [-0.15, -0.1) is 11.6 Å². The Hall–Kier alpha value is -1.09. The molecule has 1 rings (SSSR count). The molecule has 14 heavy (non-hydrogen) atoms. The van der Waals surface area contributed by atoms with E-state index in [0.717, 1.165) is 5.69 Å². The molecule has 1 atom stereocenters. The first-order valence-corrected chi connectivity index (χ1v) is 4.96. The molecule has 76 valence electrons. The lowest BCUT2D eigenvalue weighted by Gasteiger charge is -2.10. The predicted molar refractivity (Wildman–Crippen MR) is 56.6 cm³/mol. The number of aromatic nitrogens is 1. The molecule has 0 bridgehead atoms. The summed E-state index contributed by atoms with van der Waals surface area (Å²) in [5.74, 6) is 0.305. The third kappa shape index (κ3) is 3.00. The van der Waals surface area contributed by atoms with Gasteiger partial charge in [0.2, 0.25) is 0 Å². The second-order valence-corrected chi connectivity index (χ2v) is 3.52. The molecule has 4 heteroatoms. The Morgan fingerprint density at radius 1 is 1.71 bits per heavy atom. The Morgan fingerprint density at radius 3 is 3.00 bits per heavy atom. The number of aryl methyl sites for hydroxylation is 1. The van der Waals surface area contributed by atoms with Crippen molar-refractivity contribution in [2.75, 3.05) is 5.88 Å². The van der Waals surface area contributed by atoms with Gasteiger partial charge in [-0.05, 0) is 26.0 Å². The summed E-state index contributed by atoms with van der Waals surface area (Å²) in [4.78, 5) is 15.6. The number of hydrogen-bond donors (Lipinski definition) is 1. The van der Waals surface area contributed by atoms with Gasteiger partial charge >= 0.3 is 0 Å². The Balaban J connectivity index is 2.70. The van der Waals surface area contributed by atoms with Gasteiger partial charge in [0.05, 0.1) is 0 Å². The molecule has 1 heterocycles. The first-order chi connectivity index (χ1) is 6.63. The number of rotatable bonds is 3. The minimum Gasteiger partial charge on any atom is -0.348 e. The van der Waals surface area contributed by atoms with E-state index in [0.29, 0.717) is 11.4 Å². The van der Waals surface area contributed by atoms with Gasteiger partial charge in [-0.1, -0.05) is 0 Å². The van der Waals surface area contributed by atoms with E-state index in [1.165, 1.54) is 0 Å². The van der Waals surface area contributed by atoms with E-state index < -0.39 is 0 Å². The zero-order chi connectivity index (χ0) is 10.6. The monoisotopic (exact) mass is 212 g/mol. The van der Waals surface area contributed by atoms with Gasteiger partial charge in [0, 0.05) is 29.4 Å². The number of alkyl halides is 1. The second kappa shape index (κ2) is 4.96. The summed E-state index contributed by atoms with van der Waals surface area (Å²) in [5, 5.41) is 2.77. The maximum absolute atomic E-state index is 11.6. The Kier molecular flexibility index (Phi) is 3.89. The van der Waals surface area contributed by atoms with Crippen molar-refractivity contribution >= 4 is 17.5 Å². The van der Waals surface area contributed by atoms with E-state index in [4.69, 9.17) is 11.6 Å². The number of halogens is 1. The van der Waals surface area contributed by atoms with Gasteiger partial charge < -0.3 is 5.32 Å². The van der Waals surface area contributed by atoms with Crippen molar-refractivity contribution in [3.8, 4) is 0 Å². The van der Waals surface area contributed by atoms with Crippen LogP contribution in [-0.2, 0) is 0 Å². The summed E-state index contributed by atoms with van der Waals surface area (Å²) in [6.07, 6.45) is 1.62. The van der Waals surface area contributed by atoms with Gasteiger partial charge in [-0.2, -0.15) is 0 Å². The minimum absolute atomic E-state index is 0.0161. The van der Waals surface area contributed by atoms with Crippen LogP contribution in [0.1, 0.15) is 23.0 Å². The summed E-state index contributed by atoms with van der Waals surface area (Å²) in [6.45, 7) is 3.71. The Labute approximate surface area is 88.5 Å². The lowest BCUT2D eigenvalue weighted by Crippen LogP contribution is -2.33. The number of carbonyl (C=O) groups is 1. The SMILES string of the molecule is Cc1cc(C(=O)NC(C)CCl)ccn1. The molecule has 1 N–H and O–H groups in total. The third-order valence-electron chi connectivity index (χ3n) is 1.77. The molecule has 0 aromatic carbocycles. The highest BCUT2D eigenvalue weighted by molar-refractivity contribution is 6.18. The van der Waals surface area contributed by atoms with Crippen LogP contribution < -0.4 is 5.32 Å². The van der Waals surface area contributed by atoms with Crippen LogP contribution in [0, 0.1) is 6.92 Å². The first kappa shape index (κ1) is 11.0. The van der Waals surface area contributed by atoms with Crippen LogP contribution in [0.5, 0.6) is 0 Å². The highest BCUT2D eigenvalue weighted by Crippen LogP contribution is 2.01. The first-order valence-electron chi connectivity index (χ1n) is 4.43. The molecule has 0 aliphatic heterocycles. The van der Waals surface area contributed by atoms with Crippen LogP contribution in [0.25, 0.3) is 0 Å². The second-order valence-electron chi connectivity index (χ2n) is 3.21. The molecule has 0 radical (unpaired) electrons. The van der Waals surface area contributed by atoms with Crippen molar-refractivity contribution in [1.82, 2.24) is 10.3 Å². The maximum atomic E-state index is 11.6. The molecule has 1 amide bonds. The highest BCUT2D eigenvalue weighted by atomic mass is 35.5. The van der Waals surface area contributed by atoms with Crippen LogP contribution in [0.4, 0.5) is 0 Å². The van der Waals surface area contributed by atoms with Crippen molar-refractivity contribution in [1.29, 1.82) is 0 Å². The molecule has 0 saturated heterocycles. The van der Waals surface area contributed by atoms with Crippen LogP contribution >= 0.6 is 11.6 Å². The number of amides is 1. The fourth-order valence-corrected chi connectivity index (χ4v) is 1.11. The fourth-order valence-electron chi connectivity index (χ4n) is 1.03. The maximum Gasteiger partial charge on any atom is 0.251 e. The number of carbonyl (C=O) groups excluding carboxylic acids is 1. The van der Waals surface area contributed by atoms with E-state index in [9.17, 15) is 4.79 Å². The third-order valence-corrected chi connectivity index (χ3v) is 2.23. The summed E-state index contributed by atoms with van der Waals surface area (Å²) in [5.41, 5.74) is 1.45. The molecule has 0 saturated carbocycles. The molecule has 0 fully saturated rings. The largest absolute Gasteiger partial charge is 0.348 e. The predicted octanol–water partition coefficient (Wildman–Crippen LogP) is 1.75. The average Bonchev–Trinajstić information content (AvgIpc) is 2.17. The van der Waals surface area contributed by atoms with Gasteiger partial charge in [0.25, 0.3) is 5.91 Å². The van der Waals surface area contributed by atoms with Crippen molar-refractivity contribution in [3.05, 3.63) is 29.6 Å². The molecule has 0 aliphatic rings. The van der Waals surface area contributed by atoms with Crippen LogP contribution in [0.2, 0.25) is 0 Å². The Bertz CT molecular complexity index is 328. The van der Waals surface area contributed by atoms with Crippen molar-refractivity contribution in [2.24, 2.45) is 0 Å². The van der Waals surface area contributed by atoms with Crippen LogP contribution in [-0.4, -0.2) is 22.8 Å². The number of hydrogen-bond acceptors (Lipinski definition) is 2. The number of nitrogens with one attached hydrogen (secondary N) is 1. The van der Waals surface area contributed by atoms with Gasteiger partial charge in [0.1, 0.15) is 0 Å². The summed E-state index contributed by atoms with van der Waals surface area (Å²) >= 11 is 5.59. The van der Waals surface area contributed by atoms with E-state index in [2.05, 4.69) is 10.3 Å². The van der Waals surface area contributed by atoms with Gasteiger partial charge in [0.15, 0.2) is 0 Å². The quantitative estimate of drug-likeness (QED) is 0.776. The molecule has 3 nitrogen and oxygen atoms in total. The lowest BCUT2D eigenvalue weighted by molar-refractivity contribution is 0.0943. The van der Waals surface area contributed by atoms with Crippen molar-refractivity contribution in [3.63, 3.8) is 0 Å². The Morgan fingerprint density at radius 2 is 2.43 bits per heavy atom. The summed E-state index contributed by atoms with van der Waals surface area (Å²) in [6, 6.07) is 3.41.